The number of rotatable bonds is 5. The Morgan fingerprint density at radius 1 is 1.40 bits per heavy atom. The first-order chi connectivity index (χ1) is 9.67. The SMILES string of the molecule is CCNc1ncc(Cl)c(NC(C)C2CC3CCC2C3)n1. The molecule has 1 aromatic rings. The van der Waals surface area contributed by atoms with Crippen molar-refractivity contribution in [3.63, 3.8) is 0 Å². The quantitative estimate of drug-likeness (QED) is 0.867. The molecule has 1 heterocycles. The fourth-order valence-corrected chi connectivity index (χ4v) is 4.09. The van der Waals surface area contributed by atoms with Crippen LogP contribution in [0, 0.1) is 17.8 Å². The van der Waals surface area contributed by atoms with Crippen LogP contribution in [0.2, 0.25) is 5.02 Å². The van der Waals surface area contributed by atoms with Gasteiger partial charge in [-0.25, -0.2) is 4.98 Å². The molecule has 4 unspecified atom stereocenters. The largest absolute Gasteiger partial charge is 0.366 e. The highest BCUT2D eigenvalue weighted by molar-refractivity contribution is 6.32. The smallest absolute Gasteiger partial charge is 0.224 e. The molecule has 0 spiro atoms. The molecule has 4 nitrogen and oxygen atoms in total. The summed E-state index contributed by atoms with van der Waals surface area (Å²) >= 11 is 6.21. The number of fused-ring (bicyclic) bond motifs is 2. The lowest BCUT2D eigenvalue weighted by Crippen LogP contribution is -2.30. The Hall–Kier alpha value is -1.03. The maximum absolute atomic E-state index is 6.21. The minimum absolute atomic E-state index is 0.423. The van der Waals surface area contributed by atoms with Gasteiger partial charge in [0, 0.05) is 12.6 Å². The summed E-state index contributed by atoms with van der Waals surface area (Å²) in [5.74, 6) is 4.03. The molecule has 110 valence electrons. The molecule has 2 bridgehead atoms. The summed E-state index contributed by atoms with van der Waals surface area (Å²) in [6, 6.07) is 0.423. The average molecular weight is 295 g/mol. The number of hydrogen-bond donors (Lipinski definition) is 2. The third-order valence-electron chi connectivity index (χ3n) is 4.88. The van der Waals surface area contributed by atoms with Gasteiger partial charge < -0.3 is 10.6 Å². The van der Waals surface area contributed by atoms with E-state index in [4.69, 9.17) is 11.6 Å². The van der Waals surface area contributed by atoms with E-state index < -0.39 is 0 Å². The summed E-state index contributed by atoms with van der Waals surface area (Å²) in [6.07, 6.45) is 7.30. The first kappa shape index (κ1) is 13.9. The molecule has 3 rings (SSSR count). The fourth-order valence-electron chi connectivity index (χ4n) is 3.94. The van der Waals surface area contributed by atoms with Gasteiger partial charge in [-0.3, -0.25) is 0 Å². The summed E-state index contributed by atoms with van der Waals surface area (Å²) in [5.41, 5.74) is 0. The van der Waals surface area contributed by atoms with E-state index in [2.05, 4.69) is 27.5 Å². The molecule has 1 aromatic heterocycles. The summed E-state index contributed by atoms with van der Waals surface area (Å²) in [4.78, 5) is 8.65. The zero-order chi connectivity index (χ0) is 14.1. The normalized spacial score (nSPS) is 29.4. The molecule has 0 amide bonds. The van der Waals surface area contributed by atoms with Crippen LogP contribution in [-0.4, -0.2) is 22.6 Å². The predicted molar refractivity (Wildman–Crippen MR) is 83.2 cm³/mol. The molecule has 2 aliphatic carbocycles. The molecule has 2 fully saturated rings. The molecule has 0 aliphatic heterocycles. The van der Waals surface area contributed by atoms with Crippen molar-refractivity contribution in [3.8, 4) is 0 Å². The van der Waals surface area contributed by atoms with E-state index in [1.807, 2.05) is 6.92 Å². The maximum atomic E-state index is 6.21. The van der Waals surface area contributed by atoms with Gasteiger partial charge in [-0.1, -0.05) is 18.0 Å². The van der Waals surface area contributed by atoms with Gasteiger partial charge in [0.2, 0.25) is 5.95 Å². The van der Waals surface area contributed by atoms with Crippen molar-refractivity contribution in [2.24, 2.45) is 17.8 Å². The van der Waals surface area contributed by atoms with Crippen LogP contribution in [0.4, 0.5) is 11.8 Å². The second-order valence-corrected chi connectivity index (χ2v) is 6.60. The van der Waals surface area contributed by atoms with Crippen molar-refractivity contribution < 1.29 is 0 Å². The van der Waals surface area contributed by atoms with E-state index >= 15 is 0 Å². The second-order valence-electron chi connectivity index (χ2n) is 6.19. The van der Waals surface area contributed by atoms with Gasteiger partial charge in [0.25, 0.3) is 0 Å². The maximum Gasteiger partial charge on any atom is 0.224 e. The second kappa shape index (κ2) is 5.76. The lowest BCUT2D eigenvalue weighted by Gasteiger charge is -2.29. The van der Waals surface area contributed by atoms with Gasteiger partial charge in [-0.2, -0.15) is 4.98 Å². The van der Waals surface area contributed by atoms with Crippen molar-refractivity contribution in [2.45, 2.75) is 45.6 Å². The van der Waals surface area contributed by atoms with Gasteiger partial charge in [0.1, 0.15) is 5.02 Å². The zero-order valence-electron chi connectivity index (χ0n) is 12.2. The number of aromatic nitrogens is 2. The Morgan fingerprint density at radius 2 is 2.25 bits per heavy atom. The highest BCUT2D eigenvalue weighted by Gasteiger charge is 2.41. The van der Waals surface area contributed by atoms with E-state index in [9.17, 15) is 0 Å². The van der Waals surface area contributed by atoms with Crippen molar-refractivity contribution >= 4 is 23.4 Å². The molecule has 0 aromatic carbocycles. The Morgan fingerprint density at radius 3 is 2.90 bits per heavy atom. The molecule has 2 aliphatic rings. The van der Waals surface area contributed by atoms with Crippen molar-refractivity contribution in [1.29, 1.82) is 0 Å². The van der Waals surface area contributed by atoms with Crippen LogP contribution in [0.3, 0.4) is 0 Å². The summed E-state index contributed by atoms with van der Waals surface area (Å²) in [6.45, 7) is 5.10. The number of nitrogens with zero attached hydrogens (tertiary/aromatic N) is 2. The van der Waals surface area contributed by atoms with Gasteiger partial charge in [0.15, 0.2) is 5.82 Å². The molecular formula is C15H23ClN4. The first-order valence-corrected chi connectivity index (χ1v) is 8.08. The molecule has 5 heteroatoms. The van der Waals surface area contributed by atoms with Crippen molar-refractivity contribution in [2.75, 3.05) is 17.2 Å². The van der Waals surface area contributed by atoms with Crippen LogP contribution in [0.5, 0.6) is 0 Å². The zero-order valence-corrected chi connectivity index (χ0v) is 13.0. The van der Waals surface area contributed by atoms with Crippen LogP contribution in [0.25, 0.3) is 0 Å². The monoisotopic (exact) mass is 294 g/mol. The molecular weight excluding hydrogens is 272 g/mol. The standard InChI is InChI=1S/C15H23ClN4/c1-3-17-15-18-8-13(16)14(20-15)19-9(2)12-7-10-4-5-11(12)6-10/h8-12H,3-7H2,1-2H3,(H2,17,18,19,20). The Balaban J connectivity index is 1.69. The number of anilines is 2. The molecule has 0 saturated heterocycles. The van der Waals surface area contributed by atoms with Crippen LogP contribution in [-0.2, 0) is 0 Å². The van der Waals surface area contributed by atoms with E-state index in [-0.39, 0.29) is 0 Å². The van der Waals surface area contributed by atoms with E-state index in [1.165, 1.54) is 25.7 Å². The van der Waals surface area contributed by atoms with Crippen LogP contribution < -0.4 is 10.6 Å². The van der Waals surface area contributed by atoms with Crippen LogP contribution in [0.15, 0.2) is 6.20 Å². The summed E-state index contributed by atoms with van der Waals surface area (Å²) < 4.78 is 0. The fraction of sp³-hybridized carbons (Fsp3) is 0.733. The van der Waals surface area contributed by atoms with Crippen LogP contribution in [0.1, 0.15) is 39.5 Å². The third-order valence-corrected chi connectivity index (χ3v) is 5.15. The average Bonchev–Trinajstić information content (AvgIpc) is 3.05. The van der Waals surface area contributed by atoms with Gasteiger partial charge in [-0.15, -0.1) is 0 Å². The Bertz CT molecular complexity index is 479. The van der Waals surface area contributed by atoms with E-state index in [0.717, 1.165) is 30.1 Å². The topological polar surface area (TPSA) is 49.8 Å². The predicted octanol–water partition coefficient (Wildman–Crippen LogP) is 3.80. The number of hydrogen-bond acceptors (Lipinski definition) is 4. The summed E-state index contributed by atoms with van der Waals surface area (Å²) in [5, 5.41) is 7.24. The van der Waals surface area contributed by atoms with Crippen molar-refractivity contribution in [1.82, 2.24) is 9.97 Å². The third kappa shape index (κ3) is 2.71. The minimum atomic E-state index is 0.423. The Kier molecular flexibility index (Phi) is 4.01. The van der Waals surface area contributed by atoms with Gasteiger partial charge in [-0.05, 0) is 50.9 Å². The lowest BCUT2D eigenvalue weighted by molar-refractivity contribution is 0.304. The van der Waals surface area contributed by atoms with E-state index in [0.29, 0.717) is 17.0 Å². The molecule has 20 heavy (non-hydrogen) atoms. The number of halogens is 1. The highest BCUT2D eigenvalue weighted by atomic mass is 35.5. The van der Waals surface area contributed by atoms with Crippen molar-refractivity contribution in [3.05, 3.63) is 11.2 Å². The Labute approximate surface area is 125 Å². The van der Waals surface area contributed by atoms with Crippen LogP contribution >= 0.6 is 11.6 Å². The minimum Gasteiger partial charge on any atom is -0.366 e. The first-order valence-electron chi connectivity index (χ1n) is 7.70. The van der Waals surface area contributed by atoms with E-state index in [1.54, 1.807) is 6.20 Å². The molecule has 2 N–H and O–H groups in total. The van der Waals surface area contributed by atoms with Gasteiger partial charge in [0.05, 0.1) is 6.20 Å². The molecule has 4 atom stereocenters. The molecule has 2 saturated carbocycles. The summed E-state index contributed by atoms with van der Waals surface area (Å²) in [7, 11) is 0. The highest BCUT2D eigenvalue weighted by Crippen LogP contribution is 2.49. The molecule has 0 radical (unpaired) electrons. The number of nitrogens with one attached hydrogen (secondary N) is 2. The van der Waals surface area contributed by atoms with Gasteiger partial charge >= 0.3 is 0 Å². The lowest BCUT2D eigenvalue weighted by atomic mass is 9.84.